The van der Waals surface area contributed by atoms with E-state index in [1.54, 1.807) is 26.0 Å². The van der Waals surface area contributed by atoms with Gasteiger partial charge in [-0.2, -0.15) is 0 Å². The largest absolute Gasteiger partial charge is 0.359 e. The third kappa shape index (κ3) is 18.7. The van der Waals surface area contributed by atoms with Crippen molar-refractivity contribution < 1.29 is 9.59 Å². The molecule has 0 aromatic carbocycles. The van der Waals surface area contributed by atoms with Crippen LogP contribution in [-0.2, 0) is 9.59 Å². The Hall–Kier alpha value is -1.06. The fourth-order valence-electron chi connectivity index (χ4n) is 0.614. The molecule has 0 aliphatic rings. The smallest absolute Gasteiger partial charge is 0.222 e. The van der Waals surface area contributed by atoms with Crippen LogP contribution in [0.15, 0.2) is 0 Å². The van der Waals surface area contributed by atoms with E-state index in [-0.39, 0.29) is 11.8 Å². The lowest BCUT2D eigenvalue weighted by atomic mass is 10.3. The van der Waals surface area contributed by atoms with E-state index in [1.165, 1.54) is 0 Å². The minimum absolute atomic E-state index is 0.0926. The molecule has 2 amide bonds. The normalized spacial score (nSPS) is 7.69. The van der Waals surface area contributed by atoms with Crippen molar-refractivity contribution in [2.75, 3.05) is 21.1 Å². The van der Waals surface area contributed by atoms with Gasteiger partial charge in [-0.25, -0.2) is 0 Å². The number of carbonyl (C=O) groups excluding carboxylic acids is 2. The Bertz CT molecular complexity index is 162. The van der Waals surface area contributed by atoms with E-state index in [2.05, 4.69) is 5.32 Å². The minimum Gasteiger partial charge on any atom is -0.359 e. The van der Waals surface area contributed by atoms with Crippen molar-refractivity contribution in [3.05, 3.63) is 0 Å². The lowest BCUT2D eigenvalue weighted by Gasteiger charge is -2.07. The summed E-state index contributed by atoms with van der Waals surface area (Å²) in [7, 11) is 5.18. The first-order valence-corrected chi connectivity index (χ1v) is 5.90. The number of amides is 2. The molecule has 0 spiro atoms. The Balaban J connectivity index is -0.000000188. The van der Waals surface area contributed by atoms with Gasteiger partial charge in [0.25, 0.3) is 0 Å². The predicted molar refractivity (Wildman–Crippen MR) is 69.3 cm³/mol. The van der Waals surface area contributed by atoms with Gasteiger partial charge in [-0.15, -0.1) is 0 Å². The molecule has 4 nitrogen and oxygen atoms in total. The third-order valence-electron chi connectivity index (χ3n) is 1.56. The molecule has 0 heterocycles. The van der Waals surface area contributed by atoms with E-state index in [0.29, 0.717) is 12.8 Å². The van der Waals surface area contributed by atoms with E-state index in [0.717, 1.165) is 6.42 Å². The average molecular weight is 232 g/mol. The summed E-state index contributed by atoms with van der Waals surface area (Å²) in [5.74, 6) is 0.308. The molecule has 0 bridgehead atoms. The number of nitrogens with one attached hydrogen (secondary N) is 1. The molecule has 0 radical (unpaired) electrons. The summed E-state index contributed by atoms with van der Waals surface area (Å²) in [4.78, 5) is 22.4. The molecule has 0 saturated heterocycles. The first-order valence-electron chi connectivity index (χ1n) is 5.90. The summed E-state index contributed by atoms with van der Waals surface area (Å²) >= 11 is 0. The fraction of sp³-hybridized carbons (Fsp3) is 0.833. The predicted octanol–water partition coefficient (Wildman–Crippen LogP) is 2.04. The zero-order chi connectivity index (χ0) is 13.6. The third-order valence-corrected chi connectivity index (χ3v) is 1.56. The van der Waals surface area contributed by atoms with Gasteiger partial charge in [0.1, 0.15) is 0 Å². The standard InChI is InChI=1S/C6H13NO.C4H9NO.C2H6/c1-4-5-6(8)7(2)3;1-3-4(6)5-2;1-2/h4-5H2,1-3H3;3H2,1-2H3,(H,5,6);1-2H3. The van der Waals surface area contributed by atoms with Crippen LogP contribution in [0.1, 0.15) is 47.0 Å². The highest BCUT2D eigenvalue weighted by atomic mass is 16.2. The van der Waals surface area contributed by atoms with Crippen LogP contribution in [0.25, 0.3) is 0 Å². The van der Waals surface area contributed by atoms with Crippen molar-refractivity contribution >= 4 is 11.8 Å². The van der Waals surface area contributed by atoms with Gasteiger partial charge in [-0.3, -0.25) is 9.59 Å². The summed E-state index contributed by atoms with van der Waals surface area (Å²) in [6.07, 6.45) is 2.19. The van der Waals surface area contributed by atoms with Crippen molar-refractivity contribution in [2.24, 2.45) is 0 Å². The fourth-order valence-corrected chi connectivity index (χ4v) is 0.614. The van der Waals surface area contributed by atoms with Crippen LogP contribution in [-0.4, -0.2) is 37.9 Å². The van der Waals surface area contributed by atoms with Gasteiger partial charge >= 0.3 is 0 Å². The van der Waals surface area contributed by atoms with Gasteiger partial charge in [-0.1, -0.05) is 27.7 Å². The van der Waals surface area contributed by atoms with Crippen LogP contribution in [0.4, 0.5) is 0 Å². The highest BCUT2D eigenvalue weighted by Crippen LogP contribution is 1.89. The molecule has 0 saturated carbocycles. The van der Waals surface area contributed by atoms with Crippen molar-refractivity contribution in [3.63, 3.8) is 0 Å². The van der Waals surface area contributed by atoms with E-state index >= 15 is 0 Å². The van der Waals surface area contributed by atoms with Gasteiger partial charge in [0.05, 0.1) is 0 Å². The van der Waals surface area contributed by atoms with Crippen LogP contribution in [0.2, 0.25) is 0 Å². The number of rotatable bonds is 3. The summed E-state index contributed by atoms with van der Waals surface area (Å²) in [6.45, 7) is 7.82. The summed E-state index contributed by atoms with van der Waals surface area (Å²) in [6, 6.07) is 0. The van der Waals surface area contributed by atoms with Gasteiger partial charge < -0.3 is 10.2 Å². The summed E-state index contributed by atoms with van der Waals surface area (Å²) in [5.41, 5.74) is 0. The molecule has 98 valence electrons. The number of hydrogen-bond acceptors (Lipinski definition) is 2. The van der Waals surface area contributed by atoms with Crippen LogP contribution < -0.4 is 5.32 Å². The first-order chi connectivity index (χ1) is 7.49. The van der Waals surface area contributed by atoms with Gasteiger partial charge in [0, 0.05) is 34.0 Å². The molecule has 0 rings (SSSR count). The topological polar surface area (TPSA) is 49.4 Å². The van der Waals surface area contributed by atoms with Crippen molar-refractivity contribution in [3.8, 4) is 0 Å². The van der Waals surface area contributed by atoms with Crippen molar-refractivity contribution in [1.82, 2.24) is 10.2 Å². The lowest BCUT2D eigenvalue weighted by molar-refractivity contribution is -0.128. The van der Waals surface area contributed by atoms with Crippen LogP contribution in [0.5, 0.6) is 0 Å². The quantitative estimate of drug-likeness (QED) is 0.809. The second-order valence-corrected chi connectivity index (χ2v) is 3.06. The maximum absolute atomic E-state index is 10.7. The van der Waals surface area contributed by atoms with Crippen molar-refractivity contribution in [1.29, 1.82) is 0 Å². The molecule has 0 fully saturated rings. The van der Waals surface area contributed by atoms with E-state index in [9.17, 15) is 9.59 Å². The molecule has 0 aliphatic heterocycles. The maximum Gasteiger partial charge on any atom is 0.222 e. The Kier molecular flexibility index (Phi) is 20.8. The highest BCUT2D eigenvalue weighted by Gasteiger charge is 1.98. The molecule has 0 aliphatic carbocycles. The molecule has 0 aromatic rings. The van der Waals surface area contributed by atoms with Crippen molar-refractivity contribution in [2.45, 2.75) is 47.0 Å². The van der Waals surface area contributed by atoms with Crippen LogP contribution in [0, 0.1) is 0 Å². The minimum atomic E-state index is 0.0926. The van der Waals surface area contributed by atoms with E-state index in [1.807, 2.05) is 27.7 Å². The molecule has 4 heteroatoms. The molecule has 0 aromatic heterocycles. The Labute approximate surface area is 100 Å². The number of nitrogens with zero attached hydrogens (tertiary/aromatic N) is 1. The Morgan fingerprint density at radius 1 is 1.12 bits per heavy atom. The monoisotopic (exact) mass is 232 g/mol. The Morgan fingerprint density at radius 2 is 1.56 bits per heavy atom. The summed E-state index contributed by atoms with van der Waals surface area (Å²) in [5, 5.41) is 2.48. The zero-order valence-electron chi connectivity index (χ0n) is 11.9. The SMILES string of the molecule is CC.CCC(=O)NC.CCCC(=O)N(C)C. The highest BCUT2D eigenvalue weighted by molar-refractivity contribution is 5.75. The van der Waals surface area contributed by atoms with E-state index in [4.69, 9.17) is 0 Å². The second kappa shape index (κ2) is 16.4. The Morgan fingerprint density at radius 3 is 1.62 bits per heavy atom. The molecule has 1 N–H and O–H groups in total. The zero-order valence-corrected chi connectivity index (χ0v) is 11.9. The van der Waals surface area contributed by atoms with Gasteiger partial charge in [0.15, 0.2) is 0 Å². The molecular weight excluding hydrogens is 204 g/mol. The maximum atomic E-state index is 10.7. The average Bonchev–Trinajstić information content (AvgIpc) is 2.31. The van der Waals surface area contributed by atoms with Crippen LogP contribution in [0.3, 0.4) is 0 Å². The van der Waals surface area contributed by atoms with Gasteiger partial charge in [0.2, 0.25) is 11.8 Å². The summed E-state index contributed by atoms with van der Waals surface area (Å²) < 4.78 is 0. The number of carbonyl (C=O) groups is 2. The first kappa shape index (κ1) is 20.4. The molecule has 0 unspecified atom stereocenters. The van der Waals surface area contributed by atoms with Crippen LogP contribution >= 0.6 is 0 Å². The molecular formula is C12H28N2O2. The number of hydrogen-bond donors (Lipinski definition) is 1. The lowest BCUT2D eigenvalue weighted by Crippen LogP contribution is -2.20. The molecule has 16 heavy (non-hydrogen) atoms. The second-order valence-electron chi connectivity index (χ2n) is 3.06. The van der Waals surface area contributed by atoms with Gasteiger partial charge in [-0.05, 0) is 6.42 Å². The molecule has 0 atom stereocenters. The van der Waals surface area contributed by atoms with E-state index < -0.39 is 0 Å².